The molecule has 1 aromatic rings. The molecule has 1 rings (SSSR count). The van der Waals surface area contributed by atoms with Gasteiger partial charge in [0.15, 0.2) is 0 Å². The van der Waals surface area contributed by atoms with Crippen LogP contribution in [0.15, 0.2) is 12.1 Å². The van der Waals surface area contributed by atoms with Crippen molar-refractivity contribution >= 4 is 23.2 Å². The van der Waals surface area contributed by atoms with Gasteiger partial charge in [-0.3, -0.25) is 0 Å². The second kappa shape index (κ2) is 2.81. The molecule has 1 aromatic carbocycles. The quantitative estimate of drug-likeness (QED) is 0.564. The van der Waals surface area contributed by atoms with Crippen LogP contribution in [0.1, 0.15) is 11.1 Å². The van der Waals surface area contributed by atoms with E-state index in [0.717, 1.165) is 11.1 Å². The number of halogens is 2. The highest BCUT2D eigenvalue weighted by molar-refractivity contribution is 6.43. The van der Waals surface area contributed by atoms with Crippen molar-refractivity contribution in [1.29, 1.82) is 0 Å². The summed E-state index contributed by atoms with van der Waals surface area (Å²) in [5.41, 5.74) is 1.76. The lowest BCUT2D eigenvalue weighted by Crippen LogP contribution is -1.79. The molecule has 0 saturated heterocycles. The van der Waals surface area contributed by atoms with Gasteiger partial charge < -0.3 is 0 Å². The zero-order valence-electron chi connectivity index (χ0n) is 5.62. The molecule has 0 atom stereocenters. The van der Waals surface area contributed by atoms with Crippen LogP contribution in [-0.4, -0.2) is 0 Å². The Kier molecular flexibility index (Phi) is 2.22. The van der Waals surface area contributed by atoms with E-state index < -0.39 is 0 Å². The number of hydrogen-bond acceptors (Lipinski definition) is 0. The maximum absolute atomic E-state index is 5.81. The van der Waals surface area contributed by atoms with Gasteiger partial charge in [-0.15, -0.1) is 0 Å². The second-order valence-electron chi connectivity index (χ2n) is 2.17. The lowest BCUT2D eigenvalue weighted by molar-refractivity contribution is 1.45. The minimum absolute atomic E-state index is 0.557. The van der Waals surface area contributed by atoms with Gasteiger partial charge in [0.25, 0.3) is 0 Å². The van der Waals surface area contributed by atoms with Gasteiger partial charge >= 0.3 is 0 Å². The summed E-state index contributed by atoms with van der Waals surface area (Å²) >= 11 is 11.6. The molecule has 0 saturated carbocycles. The summed E-state index contributed by atoms with van der Waals surface area (Å²) in [5, 5.41) is 1.16. The lowest BCUT2D eigenvalue weighted by Gasteiger charge is -2.01. The number of benzene rings is 1. The number of rotatable bonds is 0. The molecule has 0 nitrogen and oxygen atoms in total. The van der Waals surface area contributed by atoms with Gasteiger partial charge in [-0.25, -0.2) is 0 Å². The minimum atomic E-state index is 0.557. The second-order valence-corrected chi connectivity index (χ2v) is 2.93. The van der Waals surface area contributed by atoms with Crippen LogP contribution in [0.25, 0.3) is 0 Å². The predicted octanol–water partition coefficient (Wildman–Crippen LogP) is 3.48. The van der Waals surface area contributed by atoms with Crippen molar-refractivity contribution in [3.63, 3.8) is 0 Å². The SMILES string of the molecule is [CH2]c1ccc(C)c(Cl)c1Cl. The van der Waals surface area contributed by atoms with E-state index in [1.54, 1.807) is 0 Å². The molecule has 0 amide bonds. The first kappa shape index (κ1) is 7.90. The summed E-state index contributed by atoms with van der Waals surface area (Å²) in [4.78, 5) is 0. The molecule has 2 heteroatoms. The first-order valence-electron chi connectivity index (χ1n) is 2.89. The molecule has 0 spiro atoms. The van der Waals surface area contributed by atoms with Gasteiger partial charge in [-0.05, 0) is 25.0 Å². The molecule has 53 valence electrons. The molecule has 0 aromatic heterocycles. The molecule has 0 aliphatic carbocycles. The maximum atomic E-state index is 5.81. The van der Waals surface area contributed by atoms with Crippen LogP contribution in [0.5, 0.6) is 0 Å². The fourth-order valence-corrected chi connectivity index (χ4v) is 1.08. The molecule has 0 N–H and O–H groups in total. The van der Waals surface area contributed by atoms with Crippen molar-refractivity contribution < 1.29 is 0 Å². The Labute approximate surface area is 70.8 Å². The standard InChI is InChI=1S/C8H7Cl2/c1-5-3-4-6(2)8(10)7(5)9/h3-4H,1H2,2H3. The summed E-state index contributed by atoms with van der Waals surface area (Å²) in [7, 11) is 0. The van der Waals surface area contributed by atoms with Crippen LogP contribution in [-0.2, 0) is 0 Å². The van der Waals surface area contributed by atoms with Crippen molar-refractivity contribution in [2.45, 2.75) is 6.92 Å². The third-order valence-electron chi connectivity index (χ3n) is 1.36. The normalized spacial score (nSPS) is 10.0. The van der Waals surface area contributed by atoms with Crippen molar-refractivity contribution in [3.05, 3.63) is 40.2 Å². The van der Waals surface area contributed by atoms with E-state index in [1.165, 1.54) is 0 Å². The molecule has 0 heterocycles. The van der Waals surface area contributed by atoms with Crippen LogP contribution in [0, 0.1) is 13.8 Å². The molecule has 1 radical (unpaired) electrons. The highest BCUT2D eigenvalue weighted by Crippen LogP contribution is 2.27. The van der Waals surface area contributed by atoms with E-state index >= 15 is 0 Å². The van der Waals surface area contributed by atoms with E-state index in [2.05, 4.69) is 6.92 Å². The summed E-state index contributed by atoms with van der Waals surface area (Å²) in [6.45, 7) is 5.62. The van der Waals surface area contributed by atoms with Gasteiger partial charge in [0.2, 0.25) is 0 Å². The van der Waals surface area contributed by atoms with Gasteiger partial charge in [0.05, 0.1) is 10.0 Å². The first-order chi connectivity index (χ1) is 4.63. The highest BCUT2D eigenvalue weighted by Gasteiger charge is 2.02. The average molecular weight is 174 g/mol. The Bertz CT molecular complexity index is 227. The monoisotopic (exact) mass is 173 g/mol. The van der Waals surface area contributed by atoms with Crippen LogP contribution in [0.4, 0.5) is 0 Å². The Morgan fingerprint density at radius 1 is 1.20 bits per heavy atom. The Balaban J connectivity index is 3.34. The fourth-order valence-electron chi connectivity index (χ4n) is 0.686. The van der Waals surface area contributed by atoms with Crippen LogP contribution in [0.2, 0.25) is 10.0 Å². The zero-order valence-corrected chi connectivity index (χ0v) is 7.13. The van der Waals surface area contributed by atoms with Gasteiger partial charge in [0, 0.05) is 0 Å². The average Bonchev–Trinajstić information content (AvgIpc) is 1.93. The van der Waals surface area contributed by atoms with E-state index in [0.29, 0.717) is 10.0 Å². The molecule has 0 aliphatic rings. The summed E-state index contributed by atoms with van der Waals surface area (Å²) < 4.78 is 0. The van der Waals surface area contributed by atoms with Crippen molar-refractivity contribution in [2.24, 2.45) is 0 Å². The van der Waals surface area contributed by atoms with Gasteiger partial charge in [-0.1, -0.05) is 35.3 Å². The minimum Gasteiger partial charge on any atom is -0.0824 e. The van der Waals surface area contributed by atoms with E-state index in [-0.39, 0.29) is 0 Å². The Hall–Kier alpha value is -0.200. The lowest BCUT2D eigenvalue weighted by atomic mass is 10.2. The largest absolute Gasteiger partial charge is 0.0824 e. The van der Waals surface area contributed by atoms with Crippen LogP contribution >= 0.6 is 23.2 Å². The third kappa shape index (κ3) is 1.28. The zero-order chi connectivity index (χ0) is 7.72. The predicted molar refractivity (Wildman–Crippen MR) is 45.7 cm³/mol. The van der Waals surface area contributed by atoms with Crippen LogP contribution < -0.4 is 0 Å². The van der Waals surface area contributed by atoms with E-state index in [9.17, 15) is 0 Å². The van der Waals surface area contributed by atoms with Crippen LogP contribution in [0.3, 0.4) is 0 Å². The molecular formula is C8H7Cl2. The van der Waals surface area contributed by atoms with E-state index in [4.69, 9.17) is 23.2 Å². The molecular weight excluding hydrogens is 167 g/mol. The number of hydrogen-bond donors (Lipinski definition) is 0. The first-order valence-corrected chi connectivity index (χ1v) is 3.65. The smallest absolute Gasteiger partial charge is 0.0627 e. The van der Waals surface area contributed by atoms with Crippen molar-refractivity contribution in [1.82, 2.24) is 0 Å². The van der Waals surface area contributed by atoms with Crippen molar-refractivity contribution in [2.75, 3.05) is 0 Å². The Morgan fingerprint density at radius 3 is 2.30 bits per heavy atom. The molecule has 0 aliphatic heterocycles. The maximum Gasteiger partial charge on any atom is 0.0627 e. The fraction of sp³-hybridized carbons (Fsp3) is 0.125. The van der Waals surface area contributed by atoms with Gasteiger partial charge in [0.1, 0.15) is 0 Å². The molecule has 0 unspecified atom stereocenters. The topological polar surface area (TPSA) is 0 Å². The Morgan fingerprint density at radius 2 is 1.80 bits per heavy atom. The third-order valence-corrected chi connectivity index (χ3v) is 2.37. The van der Waals surface area contributed by atoms with Crippen molar-refractivity contribution in [3.8, 4) is 0 Å². The molecule has 0 bridgehead atoms. The number of aryl methyl sites for hydroxylation is 1. The van der Waals surface area contributed by atoms with E-state index in [1.807, 2.05) is 19.1 Å². The summed E-state index contributed by atoms with van der Waals surface area (Å²) in [5.74, 6) is 0. The summed E-state index contributed by atoms with van der Waals surface area (Å²) in [6, 6.07) is 3.75. The molecule has 10 heavy (non-hydrogen) atoms. The van der Waals surface area contributed by atoms with Gasteiger partial charge in [-0.2, -0.15) is 0 Å². The molecule has 0 fully saturated rings. The summed E-state index contributed by atoms with van der Waals surface area (Å²) in [6.07, 6.45) is 0. The highest BCUT2D eigenvalue weighted by atomic mass is 35.5.